The maximum Gasteiger partial charge on any atom is 0.201 e. The molecular formula is C14H14FN5. The molecular weight excluding hydrogens is 257 g/mol. The van der Waals surface area contributed by atoms with Crippen LogP contribution in [0, 0.1) is 19.7 Å². The van der Waals surface area contributed by atoms with Crippen molar-refractivity contribution in [3.05, 3.63) is 47.3 Å². The average molecular weight is 271 g/mol. The van der Waals surface area contributed by atoms with Gasteiger partial charge in [0.15, 0.2) is 0 Å². The number of aryl methyl sites for hydroxylation is 2. The van der Waals surface area contributed by atoms with E-state index < -0.39 is 0 Å². The van der Waals surface area contributed by atoms with E-state index in [0.29, 0.717) is 23.6 Å². The van der Waals surface area contributed by atoms with Crippen LogP contribution < -0.4 is 5.73 Å². The van der Waals surface area contributed by atoms with Crippen LogP contribution in [0.5, 0.6) is 0 Å². The molecule has 3 rings (SSSR count). The van der Waals surface area contributed by atoms with Crippen LogP contribution in [0.4, 0.5) is 10.3 Å². The Bertz CT molecular complexity index is 776. The average Bonchev–Trinajstić information content (AvgIpc) is 2.69. The molecule has 0 saturated heterocycles. The molecule has 3 aromatic rings. The Hall–Kier alpha value is -2.50. The molecule has 0 amide bonds. The number of aromatic nitrogens is 4. The number of anilines is 1. The zero-order valence-electron chi connectivity index (χ0n) is 11.3. The lowest BCUT2D eigenvalue weighted by Gasteiger charge is -2.06. The minimum Gasteiger partial charge on any atom is -0.369 e. The fourth-order valence-electron chi connectivity index (χ4n) is 2.10. The van der Waals surface area contributed by atoms with Crippen molar-refractivity contribution in [3.63, 3.8) is 0 Å². The number of fused-ring (bicyclic) bond motifs is 1. The molecule has 0 saturated carbocycles. The van der Waals surface area contributed by atoms with Crippen molar-refractivity contribution in [1.82, 2.24) is 19.5 Å². The van der Waals surface area contributed by atoms with Crippen molar-refractivity contribution in [3.8, 4) is 0 Å². The van der Waals surface area contributed by atoms with Gasteiger partial charge in [0.05, 0.1) is 35.2 Å². The first kappa shape index (κ1) is 12.5. The summed E-state index contributed by atoms with van der Waals surface area (Å²) in [5.41, 5.74) is 9.46. The Morgan fingerprint density at radius 2 is 2.00 bits per heavy atom. The van der Waals surface area contributed by atoms with Gasteiger partial charge in [-0.05, 0) is 25.5 Å². The monoisotopic (exact) mass is 271 g/mol. The van der Waals surface area contributed by atoms with E-state index in [-0.39, 0.29) is 5.82 Å². The van der Waals surface area contributed by atoms with E-state index in [2.05, 4.69) is 15.0 Å². The van der Waals surface area contributed by atoms with Crippen molar-refractivity contribution in [2.45, 2.75) is 20.4 Å². The molecule has 0 bridgehead atoms. The Balaban J connectivity index is 2.08. The highest BCUT2D eigenvalue weighted by Gasteiger charge is 2.11. The predicted molar refractivity (Wildman–Crippen MR) is 74.7 cm³/mol. The molecule has 0 radical (unpaired) electrons. The maximum absolute atomic E-state index is 13.5. The van der Waals surface area contributed by atoms with Crippen LogP contribution in [-0.2, 0) is 6.54 Å². The number of hydrogen-bond donors (Lipinski definition) is 1. The molecule has 2 heterocycles. The lowest BCUT2D eigenvalue weighted by molar-refractivity contribution is 0.620. The maximum atomic E-state index is 13.5. The molecule has 0 fully saturated rings. The summed E-state index contributed by atoms with van der Waals surface area (Å²) in [6, 6.07) is 3.15. The van der Waals surface area contributed by atoms with Gasteiger partial charge in [-0.25, -0.2) is 9.37 Å². The minimum atomic E-state index is -0.280. The summed E-state index contributed by atoms with van der Waals surface area (Å²) in [5.74, 6) is 0.0599. The van der Waals surface area contributed by atoms with Crippen molar-refractivity contribution in [2.24, 2.45) is 0 Å². The highest BCUT2D eigenvalue weighted by atomic mass is 19.1. The number of nitrogen functional groups attached to an aromatic ring is 1. The molecule has 6 heteroatoms. The second-order valence-corrected chi connectivity index (χ2v) is 4.80. The number of nitrogens with zero attached hydrogens (tertiary/aromatic N) is 4. The summed E-state index contributed by atoms with van der Waals surface area (Å²) in [6.07, 6.45) is 3.41. The van der Waals surface area contributed by atoms with Gasteiger partial charge in [0, 0.05) is 12.3 Å². The SMILES string of the molecule is Cc1cnc(Cn2c(N)nc3cc(F)c(C)cc32)cn1. The smallest absolute Gasteiger partial charge is 0.201 e. The van der Waals surface area contributed by atoms with Crippen LogP contribution in [0.3, 0.4) is 0 Å². The first-order chi connectivity index (χ1) is 9.54. The van der Waals surface area contributed by atoms with E-state index in [1.165, 1.54) is 6.07 Å². The van der Waals surface area contributed by atoms with Crippen LogP contribution in [-0.4, -0.2) is 19.5 Å². The van der Waals surface area contributed by atoms with Gasteiger partial charge < -0.3 is 10.3 Å². The van der Waals surface area contributed by atoms with E-state index >= 15 is 0 Å². The third-order valence-electron chi connectivity index (χ3n) is 3.21. The molecule has 2 N–H and O–H groups in total. The summed E-state index contributed by atoms with van der Waals surface area (Å²) in [6.45, 7) is 4.05. The van der Waals surface area contributed by atoms with Crippen molar-refractivity contribution in [2.75, 3.05) is 5.73 Å². The van der Waals surface area contributed by atoms with Crippen LogP contribution in [0.2, 0.25) is 0 Å². The summed E-state index contributed by atoms with van der Waals surface area (Å²) < 4.78 is 15.4. The first-order valence-corrected chi connectivity index (χ1v) is 6.24. The number of hydrogen-bond acceptors (Lipinski definition) is 4. The summed E-state index contributed by atoms with van der Waals surface area (Å²) in [4.78, 5) is 12.7. The molecule has 1 aromatic carbocycles. The number of imidazole rings is 1. The summed E-state index contributed by atoms with van der Waals surface area (Å²) in [5, 5.41) is 0. The Morgan fingerprint density at radius 1 is 1.20 bits per heavy atom. The van der Waals surface area contributed by atoms with Crippen LogP contribution in [0.1, 0.15) is 17.0 Å². The lowest BCUT2D eigenvalue weighted by atomic mass is 10.2. The van der Waals surface area contributed by atoms with Crippen molar-refractivity contribution >= 4 is 17.0 Å². The van der Waals surface area contributed by atoms with Gasteiger partial charge >= 0.3 is 0 Å². The molecule has 5 nitrogen and oxygen atoms in total. The van der Waals surface area contributed by atoms with Gasteiger partial charge in [0.1, 0.15) is 5.82 Å². The second-order valence-electron chi connectivity index (χ2n) is 4.80. The summed E-state index contributed by atoms with van der Waals surface area (Å²) >= 11 is 0. The standard InChI is InChI=1S/C14H14FN5/c1-8-3-13-12(4-11(8)15)19-14(16)20(13)7-10-6-17-9(2)5-18-10/h3-6H,7H2,1-2H3,(H2,16,19). The quantitative estimate of drug-likeness (QED) is 0.775. The second kappa shape index (κ2) is 4.56. The molecule has 0 aliphatic carbocycles. The van der Waals surface area contributed by atoms with E-state index in [1.54, 1.807) is 30.0 Å². The Kier molecular flexibility index (Phi) is 2.85. The normalized spacial score (nSPS) is 11.2. The molecule has 0 unspecified atom stereocenters. The van der Waals surface area contributed by atoms with E-state index in [4.69, 9.17) is 5.73 Å². The van der Waals surface area contributed by atoms with Gasteiger partial charge in [-0.3, -0.25) is 9.97 Å². The van der Waals surface area contributed by atoms with Gasteiger partial charge in [0.2, 0.25) is 5.95 Å². The fraction of sp³-hybridized carbons (Fsp3) is 0.214. The van der Waals surface area contributed by atoms with E-state index in [0.717, 1.165) is 16.9 Å². The highest BCUT2D eigenvalue weighted by Crippen LogP contribution is 2.22. The van der Waals surface area contributed by atoms with Crippen LogP contribution in [0.25, 0.3) is 11.0 Å². The van der Waals surface area contributed by atoms with Gasteiger partial charge in [-0.2, -0.15) is 0 Å². The van der Waals surface area contributed by atoms with E-state index in [1.807, 2.05) is 6.92 Å². The highest BCUT2D eigenvalue weighted by molar-refractivity contribution is 5.79. The third-order valence-corrected chi connectivity index (χ3v) is 3.21. The molecule has 0 aliphatic heterocycles. The number of nitrogens with two attached hydrogens (primary N) is 1. The molecule has 102 valence electrons. The van der Waals surface area contributed by atoms with Crippen LogP contribution >= 0.6 is 0 Å². The fourth-order valence-corrected chi connectivity index (χ4v) is 2.10. The van der Waals surface area contributed by atoms with Gasteiger partial charge in [-0.15, -0.1) is 0 Å². The zero-order valence-corrected chi connectivity index (χ0v) is 11.3. The minimum absolute atomic E-state index is 0.280. The third kappa shape index (κ3) is 2.09. The number of benzene rings is 1. The predicted octanol–water partition coefficient (Wildman–Crippen LogP) is 2.21. The van der Waals surface area contributed by atoms with E-state index in [9.17, 15) is 4.39 Å². The molecule has 0 spiro atoms. The van der Waals surface area contributed by atoms with Crippen molar-refractivity contribution < 1.29 is 4.39 Å². The molecule has 0 atom stereocenters. The van der Waals surface area contributed by atoms with Gasteiger partial charge in [-0.1, -0.05) is 0 Å². The lowest BCUT2D eigenvalue weighted by Crippen LogP contribution is -2.06. The molecule has 0 aliphatic rings. The molecule has 2 aromatic heterocycles. The Labute approximate surface area is 115 Å². The number of halogens is 1. The van der Waals surface area contributed by atoms with Gasteiger partial charge in [0.25, 0.3) is 0 Å². The summed E-state index contributed by atoms with van der Waals surface area (Å²) in [7, 11) is 0. The Morgan fingerprint density at radius 3 is 2.70 bits per heavy atom. The largest absolute Gasteiger partial charge is 0.369 e. The zero-order chi connectivity index (χ0) is 14.3. The topological polar surface area (TPSA) is 69.6 Å². The number of rotatable bonds is 2. The van der Waals surface area contributed by atoms with Crippen molar-refractivity contribution in [1.29, 1.82) is 0 Å². The molecule has 20 heavy (non-hydrogen) atoms. The van der Waals surface area contributed by atoms with Crippen LogP contribution in [0.15, 0.2) is 24.5 Å². The first-order valence-electron chi connectivity index (χ1n) is 6.24.